The molecule has 22 heavy (non-hydrogen) atoms. The molecule has 1 N–H and O–H groups in total. The van der Waals surface area contributed by atoms with Crippen LogP contribution >= 0.6 is 22.6 Å². The van der Waals surface area contributed by atoms with Gasteiger partial charge in [0.2, 0.25) is 0 Å². The highest BCUT2D eigenvalue weighted by Gasteiger charge is 2.40. The van der Waals surface area contributed by atoms with Crippen molar-refractivity contribution >= 4 is 40.2 Å². The maximum Gasteiger partial charge on any atom is 0.306 e. The molecule has 2 aliphatic carbocycles. The molecule has 4 nitrogen and oxygen atoms in total. The molecule has 0 radical (unpaired) electrons. The Hall–Kier alpha value is -1.11. The average molecular weight is 413 g/mol. The average Bonchev–Trinajstić information content (AvgIpc) is 3.10. The molecule has 0 heterocycles. The van der Waals surface area contributed by atoms with Gasteiger partial charge in [0.15, 0.2) is 6.61 Å². The highest BCUT2D eigenvalue weighted by molar-refractivity contribution is 14.1. The maximum atomic E-state index is 11.9. The van der Waals surface area contributed by atoms with Crippen molar-refractivity contribution in [3.05, 3.63) is 27.8 Å². The number of esters is 1. The Morgan fingerprint density at radius 2 is 1.95 bits per heavy atom. The van der Waals surface area contributed by atoms with E-state index in [4.69, 9.17) is 4.74 Å². The topological polar surface area (TPSA) is 55.4 Å². The lowest BCUT2D eigenvalue weighted by molar-refractivity contribution is -0.148. The van der Waals surface area contributed by atoms with Crippen molar-refractivity contribution in [2.75, 3.05) is 11.9 Å². The third-order valence-electron chi connectivity index (χ3n) is 4.81. The zero-order valence-electron chi connectivity index (χ0n) is 12.4. The molecule has 0 aromatic heterocycles. The number of hydrogen-bond acceptors (Lipinski definition) is 3. The van der Waals surface area contributed by atoms with E-state index in [1.54, 1.807) is 0 Å². The number of anilines is 1. The third-order valence-corrected chi connectivity index (χ3v) is 5.52. The van der Waals surface area contributed by atoms with Gasteiger partial charge in [-0.05, 0) is 83.9 Å². The largest absolute Gasteiger partial charge is 0.456 e. The predicted molar refractivity (Wildman–Crippen MR) is 92.3 cm³/mol. The molecule has 5 heteroatoms. The van der Waals surface area contributed by atoms with Crippen molar-refractivity contribution in [1.29, 1.82) is 0 Å². The number of carbonyl (C=O) groups excluding carboxylic acids is 2. The van der Waals surface area contributed by atoms with Crippen molar-refractivity contribution in [2.45, 2.75) is 32.1 Å². The van der Waals surface area contributed by atoms with Gasteiger partial charge in [0, 0.05) is 15.7 Å². The van der Waals surface area contributed by atoms with E-state index >= 15 is 0 Å². The summed E-state index contributed by atoms with van der Waals surface area (Å²) in [5.41, 5.74) is 0.717. The molecule has 118 valence electrons. The molecule has 1 aromatic carbocycles. The van der Waals surface area contributed by atoms with Gasteiger partial charge in [-0.1, -0.05) is 6.42 Å². The third kappa shape index (κ3) is 4.00. The first-order valence-corrected chi connectivity index (χ1v) is 8.89. The van der Waals surface area contributed by atoms with Crippen LogP contribution in [-0.4, -0.2) is 18.5 Å². The van der Waals surface area contributed by atoms with E-state index in [9.17, 15) is 9.59 Å². The summed E-state index contributed by atoms with van der Waals surface area (Å²) < 4.78 is 6.22. The first kappa shape index (κ1) is 15.8. The number of rotatable bonds is 5. The van der Waals surface area contributed by atoms with Gasteiger partial charge in [-0.3, -0.25) is 9.59 Å². The Morgan fingerprint density at radius 3 is 2.59 bits per heavy atom. The van der Waals surface area contributed by atoms with E-state index in [2.05, 4.69) is 27.9 Å². The van der Waals surface area contributed by atoms with E-state index in [-0.39, 0.29) is 18.5 Å². The van der Waals surface area contributed by atoms with Crippen molar-refractivity contribution in [1.82, 2.24) is 0 Å². The summed E-state index contributed by atoms with van der Waals surface area (Å²) in [6, 6.07) is 7.49. The van der Waals surface area contributed by atoms with Crippen molar-refractivity contribution in [3.63, 3.8) is 0 Å². The fourth-order valence-corrected chi connectivity index (χ4v) is 4.14. The Labute approximate surface area is 144 Å². The number of ether oxygens (including phenoxy) is 1. The van der Waals surface area contributed by atoms with E-state index in [1.807, 2.05) is 24.3 Å². The van der Waals surface area contributed by atoms with Gasteiger partial charge in [-0.2, -0.15) is 0 Å². The Bertz CT molecular complexity index is 558. The second-order valence-electron chi connectivity index (χ2n) is 6.35. The fourth-order valence-electron chi connectivity index (χ4n) is 3.78. The lowest BCUT2D eigenvalue weighted by Gasteiger charge is -2.20. The second kappa shape index (κ2) is 6.98. The van der Waals surface area contributed by atoms with E-state index in [1.165, 1.54) is 19.3 Å². The first-order valence-electron chi connectivity index (χ1n) is 7.81. The molecule has 2 fully saturated rings. The molecule has 3 atom stereocenters. The Kier molecular flexibility index (Phi) is 5.00. The summed E-state index contributed by atoms with van der Waals surface area (Å²) in [5, 5.41) is 2.73. The van der Waals surface area contributed by atoms with E-state index in [0.717, 1.165) is 21.6 Å². The van der Waals surface area contributed by atoms with Crippen LogP contribution in [0.25, 0.3) is 0 Å². The van der Waals surface area contributed by atoms with Gasteiger partial charge in [0.1, 0.15) is 0 Å². The number of nitrogens with one attached hydrogen (secondary N) is 1. The summed E-state index contributed by atoms with van der Waals surface area (Å²) in [7, 11) is 0. The molecular formula is C17H20INO3. The highest BCUT2D eigenvalue weighted by Crippen LogP contribution is 2.49. The second-order valence-corrected chi connectivity index (χ2v) is 7.60. The van der Waals surface area contributed by atoms with Crippen LogP contribution in [0.15, 0.2) is 24.3 Å². The van der Waals surface area contributed by atoms with Crippen LogP contribution in [0.4, 0.5) is 5.69 Å². The highest BCUT2D eigenvalue weighted by atomic mass is 127. The fraction of sp³-hybridized carbons (Fsp3) is 0.529. The molecule has 0 saturated heterocycles. The predicted octanol–water partition coefficient (Wildman–Crippen LogP) is 3.60. The van der Waals surface area contributed by atoms with Gasteiger partial charge >= 0.3 is 5.97 Å². The van der Waals surface area contributed by atoms with Gasteiger partial charge < -0.3 is 10.1 Å². The molecule has 1 aromatic rings. The molecular weight excluding hydrogens is 393 g/mol. The molecule has 2 saturated carbocycles. The lowest BCUT2D eigenvalue weighted by atomic mass is 9.86. The minimum absolute atomic E-state index is 0.203. The molecule has 3 rings (SSSR count). The summed E-state index contributed by atoms with van der Waals surface area (Å²) in [5.74, 6) is 1.48. The zero-order chi connectivity index (χ0) is 15.5. The van der Waals surface area contributed by atoms with Crippen LogP contribution in [0.3, 0.4) is 0 Å². The van der Waals surface area contributed by atoms with Crippen LogP contribution < -0.4 is 5.32 Å². The van der Waals surface area contributed by atoms with Crippen LogP contribution in [0.2, 0.25) is 0 Å². The minimum atomic E-state index is -0.289. The van der Waals surface area contributed by atoms with Crippen LogP contribution in [0.1, 0.15) is 32.1 Å². The summed E-state index contributed by atoms with van der Waals surface area (Å²) in [4.78, 5) is 23.7. The number of benzene rings is 1. The number of hydrogen-bond donors (Lipinski definition) is 1. The lowest BCUT2D eigenvalue weighted by Crippen LogP contribution is -2.23. The van der Waals surface area contributed by atoms with Crippen molar-refractivity contribution in [2.24, 2.45) is 17.8 Å². The van der Waals surface area contributed by atoms with Crippen LogP contribution in [-0.2, 0) is 14.3 Å². The summed E-state index contributed by atoms with van der Waals surface area (Å²) in [6.07, 6.45) is 5.50. The van der Waals surface area contributed by atoms with Gasteiger partial charge in [0.05, 0.1) is 0 Å². The molecule has 0 unspecified atom stereocenters. The van der Waals surface area contributed by atoms with Crippen molar-refractivity contribution < 1.29 is 14.3 Å². The smallest absolute Gasteiger partial charge is 0.306 e. The van der Waals surface area contributed by atoms with Crippen LogP contribution in [0, 0.1) is 21.3 Å². The monoisotopic (exact) mass is 413 g/mol. The van der Waals surface area contributed by atoms with Gasteiger partial charge in [-0.25, -0.2) is 0 Å². The minimum Gasteiger partial charge on any atom is -0.456 e. The standard InChI is InChI=1S/C17H20INO3/c18-14-3-5-15(6-4-14)19-16(20)10-22-17(21)9-13-8-11-1-2-12(13)7-11/h3-6,11-13H,1-2,7-10H2,(H,19,20)/t11-,12+,13-/m1/s1. The number of halogens is 1. The molecule has 0 aliphatic heterocycles. The molecule has 1 amide bonds. The SMILES string of the molecule is O=C(COC(=O)C[C@H]1C[C@@H]2CC[C@H]1C2)Nc1ccc(I)cc1. The van der Waals surface area contributed by atoms with Gasteiger partial charge in [-0.15, -0.1) is 0 Å². The Morgan fingerprint density at radius 1 is 1.18 bits per heavy atom. The molecule has 2 bridgehead atoms. The number of carbonyl (C=O) groups is 2. The maximum absolute atomic E-state index is 11.9. The molecule has 0 spiro atoms. The first-order chi connectivity index (χ1) is 10.6. The quantitative estimate of drug-likeness (QED) is 0.593. The normalized spacial score (nSPS) is 26.0. The van der Waals surface area contributed by atoms with Gasteiger partial charge in [0.25, 0.3) is 5.91 Å². The summed E-state index contributed by atoms with van der Waals surface area (Å²) >= 11 is 2.20. The Balaban J connectivity index is 1.39. The van der Waals surface area contributed by atoms with E-state index < -0.39 is 0 Å². The van der Waals surface area contributed by atoms with E-state index in [0.29, 0.717) is 18.3 Å². The number of amides is 1. The van der Waals surface area contributed by atoms with Crippen molar-refractivity contribution in [3.8, 4) is 0 Å². The zero-order valence-corrected chi connectivity index (χ0v) is 14.5. The molecule has 2 aliphatic rings. The van der Waals surface area contributed by atoms with Crippen LogP contribution in [0.5, 0.6) is 0 Å². The summed E-state index contributed by atoms with van der Waals surface area (Å²) in [6.45, 7) is -0.203. The number of fused-ring (bicyclic) bond motifs is 2.